The molecule has 1 aliphatic heterocycles. The molecule has 14 heavy (non-hydrogen) atoms. The van der Waals surface area contributed by atoms with Gasteiger partial charge >= 0.3 is 0 Å². The van der Waals surface area contributed by atoms with Crippen LogP contribution in [0.2, 0.25) is 0 Å². The molecule has 1 heterocycles. The standard InChI is InChI=1S/C8H15NO5/c1-3-5(11)6(12)7(9)8(13,14-3)4(2)10/h3,5-7,11-13H,9H2,1-2H3/t3-,5+,6+,7-,8?/m1/s1. The number of carbonyl (C=O) groups excluding carboxylic acids is 1. The van der Waals surface area contributed by atoms with Crippen LogP contribution in [0.1, 0.15) is 13.8 Å². The number of Topliss-reactive ketones (excluding diaryl/α,β-unsaturated/α-hetero) is 1. The zero-order valence-corrected chi connectivity index (χ0v) is 8.04. The molecule has 82 valence electrons. The van der Waals surface area contributed by atoms with E-state index in [-0.39, 0.29) is 0 Å². The third-order valence-electron chi connectivity index (χ3n) is 2.52. The van der Waals surface area contributed by atoms with E-state index in [1.54, 1.807) is 0 Å². The third-order valence-corrected chi connectivity index (χ3v) is 2.52. The summed E-state index contributed by atoms with van der Waals surface area (Å²) in [5, 5.41) is 28.5. The Balaban J connectivity index is 2.96. The van der Waals surface area contributed by atoms with E-state index in [0.717, 1.165) is 6.92 Å². The Morgan fingerprint density at radius 2 is 1.93 bits per heavy atom. The van der Waals surface area contributed by atoms with Crippen LogP contribution in [0.4, 0.5) is 0 Å². The molecular formula is C8H15NO5. The highest BCUT2D eigenvalue weighted by Crippen LogP contribution is 2.27. The van der Waals surface area contributed by atoms with Crippen LogP contribution in [0.3, 0.4) is 0 Å². The third kappa shape index (κ3) is 1.55. The highest BCUT2D eigenvalue weighted by Gasteiger charge is 2.53. The Hall–Kier alpha value is -0.530. The van der Waals surface area contributed by atoms with Crippen molar-refractivity contribution >= 4 is 5.78 Å². The molecule has 0 aliphatic carbocycles. The van der Waals surface area contributed by atoms with Crippen molar-refractivity contribution in [2.75, 3.05) is 0 Å². The van der Waals surface area contributed by atoms with Gasteiger partial charge in [-0.05, 0) is 6.92 Å². The SMILES string of the molecule is CC(=O)C1(O)O[C@H](C)[C@H](O)[C@H](O)[C@H]1N. The number of nitrogens with two attached hydrogens (primary N) is 1. The van der Waals surface area contributed by atoms with Gasteiger partial charge in [-0.25, -0.2) is 0 Å². The molecule has 0 spiro atoms. The molecule has 0 bridgehead atoms. The molecule has 1 saturated heterocycles. The van der Waals surface area contributed by atoms with Crippen LogP contribution in [0.25, 0.3) is 0 Å². The summed E-state index contributed by atoms with van der Waals surface area (Å²) in [4.78, 5) is 11.1. The zero-order chi connectivity index (χ0) is 11.1. The second kappa shape index (κ2) is 3.56. The lowest BCUT2D eigenvalue weighted by Gasteiger charge is -2.44. The fourth-order valence-electron chi connectivity index (χ4n) is 1.47. The van der Waals surface area contributed by atoms with Gasteiger partial charge in [-0.15, -0.1) is 0 Å². The summed E-state index contributed by atoms with van der Waals surface area (Å²) in [6, 6.07) is -1.34. The van der Waals surface area contributed by atoms with E-state index in [9.17, 15) is 20.1 Å². The summed E-state index contributed by atoms with van der Waals surface area (Å²) in [5.74, 6) is -2.90. The van der Waals surface area contributed by atoms with Gasteiger partial charge in [0, 0.05) is 6.92 Å². The topological polar surface area (TPSA) is 113 Å². The molecule has 1 fully saturated rings. The van der Waals surface area contributed by atoms with E-state index in [1.165, 1.54) is 6.92 Å². The van der Waals surface area contributed by atoms with Gasteiger partial charge in [0.15, 0.2) is 5.78 Å². The number of ether oxygens (including phenoxy) is 1. The Morgan fingerprint density at radius 3 is 2.36 bits per heavy atom. The average Bonchev–Trinajstić information content (AvgIpc) is 2.11. The molecule has 1 aliphatic rings. The molecular weight excluding hydrogens is 190 g/mol. The molecule has 0 aromatic rings. The summed E-state index contributed by atoms with van der Waals surface area (Å²) < 4.78 is 4.90. The summed E-state index contributed by atoms with van der Waals surface area (Å²) in [5.41, 5.74) is 5.40. The van der Waals surface area contributed by atoms with Crippen LogP contribution < -0.4 is 5.73 Å². The van der Waals surface area contributed by atoms with Crippen LogP contribution in [0.5, 0.6) is 0 Å². The number of hydrogen-bond acceptors (Lipinski definition) is 6. The van der Waals surface area contributed by atoms with Crippen LogP contribution in [0.15, 0.2) is 0 Å². The van der Waals surface area contributed by atoms with Crippen molar-refractivity contribution in [2.24, 2.45) is 5.73 Å². The maximum absolute atomic E-state index is 11.1. The number of aliphatic hydroxyl groups excluding tert-OH is 2. The van der Waals surface area contributed by atoms with E-state index in [2.05, 4.69) is 0 Å². The van der Waals surface area contributed by atoms with Crippen LogP contribution in [0, 0.1) is 0 Å². The molecule has 6 heteroatoms. The molecule has 5 N–H and O–H groups in total. The maximum Gasteiger partial charge on any atom is 0.244 e. The lowest BCUT2D eigenvalue weighted by atomic mass is 9.89. The van der Waals surface area contributed by atoms with Crippen LogP contribution >= 0.6 is 0 Å². The second-order valence-electron chi connectivity index (χ2n) is 3.58. The highest BCUT2D eigenvalue weighted by molar-refractivity contribution is 5.84. The van der Waals surface area contributed by atoms with Gasteiger partial charge in [0.2, 0.25) is 5.79 Å². The predicted octanol–water partition coefficient (Wildman–Crippen LogP) is -2.27. The summed E-state index contributed by atoms with van der Waals surface area (Å²) >= 11 is 0. The Bertz CT molecular complexity index is 246. The molecule has 6 nitrogen and oxygen atoms in total. The molecule has 0 radical (unpaired) electrons. The lowest BCUT2D eigenvalue weighted by Crippen LogP contribution is -2.69. The van der Waals surface area contributed by atoms with E-state index >= 15 is 0 Å². The van der Waals surface area contributed by atoms with Gasteiger partial charge in [0.05, 0.1) is 12.1 Å². The molecule has 0 aromatic heterocycles. The average molecular weight is 205 g/mol. The van der Waals surface area contributed by atoms with Gasteiger partial charge in [-0.2, -0.15) is 0 Å². The Morgan fingerprint density at radius 1 is 1.43 bits per heavy atom. The van der Waals surface area contributed by atoms with E-state index < -0.39 is 35.9 Å². The molecule has 1 unspecified atom stereocenters. The van der Waals surface area contributed by atoms with Gasteiger partial charge in [-0.1, -0.05) is 0 Å². The minimum atomic E-state index is -2.21. The molecule has 5 atom stereocenters. The van der Waals surface area contributed by atoms with Crippen molar-refractivity contribution in [3.05, 3.63) is 0 Å². The van der Waals surface area contributed by atoms with E-state index in [0.29, 0.717) is 0 Å². The maximum atomic E-state index is 11.1. The molecule has 1 rings (SSSR count). The van der Waals surface area contributed by atoms with Crippen molar-refractivity contribution in [1.29, 1.82) is 0 Å². The van der Waals surface area contributed by atoms with Gasteiger partial charge in [0.1, 0.15) is 12.2 Å². The largest absolute Gasteiger partial charge is 0.388 e. The smallest absolute Gasteiger partial charge is 0.244 e. The zero-order valence-electron chi connectivity index (χ0n) is 8.04. The van der Waals surface area contributed by atoms with Crippen LogP contribution in [-0.4, -0.2) is 51.2 Å². The number of rotatable bonds is 1. The summed E-state index contributed by atoms with van der Waals surface area (Å²) in [6.07, 6.45) is -3.43. The lowest BCUT2D eigenvalue weighted by molar-refractivity contribution is -0.288. The van der Waals surface area contributed by atoms with E-state index in [4.69, 9.17) is 10.5 Å². The molecule has 0 aromatic carbocycles. The van der Waals surface area contributed by atoms with Crippen LogP contribution in [-0.2, 0) is 9.53 Å². The number of aliphatic hydroxyl groups is 3. The first-order chi connectivity index (χ1) is 6.30. The first-order valence-electron chi connectivity index (χ1n) is 4.33. The van der Waals surface area contributed by atoms with Crippen molar-refractivity contribution < 1.29 is 24.9 Å². The van der Waals surface area contributed by atoms with Crippen molar-refractivity contribution in [3.63, 3.8) is 0 Å². The second-order valence-corrected chi connectivity index (χ2v) is 3.58. The van der Waals surface area contributed by atoms with Crippen molar-refractivity contribution in [1.82, 2.24) is 0 Å². The Labute approximate surface area is 81.3 Å². The fourth-order valence-corrected chi connectivity index (χ4v) is 1.47. The highest BCUT2D eigenvalue weighted by atomic mass is 16.6. The fraction of sp³-hybridized carbons (Fsp3) is 0.875. The van der Waals surface area contributed by atoms with Gasteiger partial charge in [0.25, 0.3) is 0 Å². The molecule has 0 amide bonds. The summed E-state index contributed by atoms with van der Waals surface area (Å²) in [6.45, 7) is 2.55. The molecule has 0 saturated carbocycles. The quantitative estimate of drug-likeness (QED) is 0.384. The predicted molar refractivity (Wildman–Crippen MR) is 46.2 cm³/mol. The minimum absolute atomic E-state index is 0.692. The monoisotopic (exact) mass is 205 g/mol. The van der Waals surface area contributed by atoms with Crippen molar-refractivity contribution in [2.45, 2.75) is 44.0 Å². The first-order valence-corrected chi connectivity index (χ1v) is 4.33. The summed E-state index contributed by atoms with van der Waals surface area (Å²) in [7, 11) is 0. The minimum Gasteiger partial charge on any atom is -0.388 e. The number of carbonyl (C=O) groups is 1. The van der Waals surface area contributed by atoms with Gasteiger partial charge < -0.3 is 25.8 Å². The number of hydrogen-bond donors (Lipinski definition) is 4. The normalized spacial score (nSPS) is 49.0. The Kier molecular flexibility index (Phi) is 2.93. The van der Waals surface area contributed by atoms with Crippen molar-refractivity contribution in [3.8, 4) is 0 Å². The van der Waals surface area contributed by atoms with Gasteiger partial charge in [-0.3, -0.25) is 4.79 Å². The number of ketones is 1. The first kappa shape index (κ1) is 11.5. The van der Waals surface area contributed by atoms with E-state index in [1.807, 2.05) is 0 Å².